The fourth-order valence-corrected chi connectivity index (χ4v) is 2.18. The minimum Gasteiger partial charge on any atom is -0.495 e. The molecule has 1 aromatic heterocycles. The summed E-state index contributed by atoms with van der Waals surface area (Å²) in [6.45, 7) is 0. The van der Waals surface area contributed by atoms with Crippen LogP contribution in [0.2, 0.25) is 0 Å². The molecule has 2 rings (SSSR count). The van der Waals surface area contributed by atoms with Crippen molar-refractivity contribution < 1.29 is 4.74 Å². The van der Waals surface area contributed by atoms with E-state index in [9.17, 15) is 5.26 Å². The first-order chi connectivity index (χ1) is 9.71. The summed E-state index contributed by atoms with van der Waals surface area (Å²) in [5, 5.41) is 15.2. The Morgan fingerprint density at radius 2 is 2.05 bits per heavy atom. The highest BCUT2D eigenvalue weighted by Crippen LogP contribution is 2.34. The lowest BCUT2D eigenvalue weighted by atomic mass is 10.2. The molecular formula is C13H12BrN5O. The van der Waals surface area contributed by atoms with Gasteiger partial charge in [-0.05, 0) is 28.1 Å². The van der Waals surface area contributed by atoms with Crippen LogP contribution < -0.4 is 15.4 Å². The van der Waals surface area contributed by atoms with Gasteiger partial charge in [0.1, 0.15) is 39.9 Å². The molecule has 0 amide bonds. The summed E-state index contributed by atoms with van der Waals surface area (Å²) in [6.07, 6.45) is 1.43. The monoisotopic (exact) mass is 333 g/mol. The topological polar surface area (TPSA) is 82.9 Å². The summed E-state index contributed by atoms with van der Waals surface area (Å²) in [7, 11) is 3.32. The Bertz CT molecular complexity index is 668. The molecule has 102 valence electrons. The smallest absolute Gasteiger partial charge is 0.150 e. The third kappa shape index (κ3) is 2.65. The van der Waals surface area contributed by atoms with Crippen molar-refractivity contribution in [3.63, 3.8) is 0 Å². The maximum absolute atomic E-state index is 9.18. The van der Waals surface area contributed by atoms with Gasteiger partial charge in [-0.1, -0.05) is 6.07 Å². The van der Waals surface area contributed by atoms with E-state index in [1.54, 1.807) is 32.4 Å². The molecule has 7 heteroatoms. The molecule has 2 N–H and O–H groups in total. The summed E-state index contributed by atoms with van der Waals surface area (Å²) in [5.41, 5.74) is 1.04. The zero-order chi connectivity index (χ0) is 14.5. The number of benzene rings is 1. The van der Waals surface area contributed by atoms with Crippen molar-refractivity contribution in [1.82, 2.24) is 9.97 Å². The number of hydrogen-bond donors (Lipinski definition) is 2. The molecule has 0 atom stereocenters. The number of methoxy groups -OCH3 is 1. The number of aromatic nitrogens is 2. The van der Waals surface area contributed by atoms with Crippen LogP contribution in [0, 0.1) is 11.3 Å². The summed E-state index contributed by atoms with van der Waals surface area (Å²) in [4.78, 5) is 8.24. The highest BCUT2D eigenvalue weighted by molar-refractivity contribution is 9.10. The summed E-state index contributed by atoms with van der Waals surface area (Å²) >= 11 is 3.42. The van der Waals surface area contributed by atoms with E-state index in [0.29, 0.717) is 33.1 Å². The average Bonchev–Trinajstić information content (AvgIpc) is 2.49. The zero-order valence-electron chi connectivity index (χ0n) is 10.9. The number of nitrogens with zero attached hydrogens (tertiary/aromatic N) is 3. The number of nitrogens with one attached hydrogen (secondary N) is 2. The second kappa shape index (κ2) is 6.21. The third-order valence-corrected chi connectivity index (χ3v) is 3.39. The molecule has 0 saturated carbocycles. The van der Waals surface area contributed by atoms with E-state index in [0.717, 1.165) is 0 Å². The molecule has 1 aromatic carbocycles. The number of rotatable bonds is 4. The van der Waals surface area contributed by atoms with Crippen LogP contribution >= 0.6 is 15.9 Å². The van der Waals surface area contributed by atoms with Crippen molar-refractivity contribution in [2.45, 2.75) is 0 Å². The minimum absolute atomic E-state index is 0.473. The molecule has 0 aliphatic rings. The molecule has 0 fully saturated rings. The van der Waals surface area contributed by atoms with Gasteiger partial charge in [-0.25, -0.2) is 9.97 Å². The standard InChI is InChI=1S/C13H12BrN5O/c1-16-12-10(14)13(18-7-17-12)19-11-8(6-15)4-3-5-9(11)20-2/h3-5,7H,1-2H3,(H2,16,17,18,19). The van der Waals surface area contributed by atoms with Crippen LogP contribution in [0.5, 0.6) is 5.75 Å². The summed E-state index contributed by atoms with van der Waals surface area (Å²) in [5.74, 6) is 1.77. The Morgan fingerprint density at radius 3 is 2.70 bits per heavy atom. The Balaban J connectivity index is 2.48. The van der Waals surface area contributed by atoms with Crippen molar-refractivity contribution in [2.24, 2.45) is 0 Å². The number of anilines is 3. The molecule has 1 heterocycles. The van der Waals surface area contributed by atoms with Gasteiger partial charge in [0.25, 0.3) is 0 Å². The first-order valence-electron chi connectivity index (χ1n) is 5.73. The first-order valence-corrected chi connectivity index (χ1v) is 6.53. The predicted molar refractivity (Wildman–Crippen MR) is 80.3 cm³/mol. The molecule has 2 aromatic rings. The van der Waals surface area contributed by atoms with Crippen LogP contribution in [0.3, 0.4) is 0 Å². The quantitative estimate of drug-likeness (QED) is 0.895. The lowest BCUT2D eigenvalue weighted by Crippen LogP contribution is -2.03. The molecule has 0 radical (unpaired) electrons. The van der Waals surface area contributed by atoms with Gasteiger partial charge in [-0.2, -0.15) is 5.26 Å². The van der Waals surface area contributed by atoms with Crippen molar-refractivity contribution >= 4 is 33.3 Å². The van der Waals surface area contributed by atoms with E-state index < -0.39 is 0 Å². The van der Waals surface area contributed by atoms with Crippen molar-refractivity contribution in [1.29, 1.82) is 5.26 Å². The first kappa shape index (κ1) is 14.1. The second-order valence-electron chi connectivity index (χ2n) is 3.75. The van der Waals surface area contributed by atoms with Crippen LogP contribution in [0.15, 0.2) is 29.0 Å². The SMILES string of the molecule is CNc1ncnc(Nc2c(C#N)cccc2OC)c1Br. The third-order valence-electron chi connectivity index (χ3n) is 2.64. The van der Waals surface area contributed by atoms with E-state index >= 15 is 0 Å². The number of halogens is 1. The molecule has 20 heavy (non-hydrogen) atoms. The van der Waals surface area contributed by atoms with Gasteiger partial charge in [0, 0.05) is 7.05 Å². The second-order valence-corrected chi connectivity index (χ2v) is 4.55. The summed E-state index contributed by atoms with van der Waals surface area (Å²) in [6, 6.07) is 7.36. The molecule has 0 saturated heterocycles. The molecule has 6 nitrogen and oxygen atoms in total. The van der Waals surface area contributed by atoms with Crippen LogP contribution in [0.25, 0.3) is 0 Å². The highest BCUT2D eigenvalue weighted by atomic mass is 79.9. The van der Waals surface area contributed by atoms with Crippen LogP contribution in [0.1, 0.15) is 5.56 Å². The Morgan fingerprint density at radius 1 is 1.30 bits per heavy atom. The van der Waals surface area contributed by atoms with Gasteiger partial charge in [0.2, 0.25) is 0 Å². The molecule has 0 unspecified atom stereocenters. The van der Waals surface area contributed by atoms with Gasteiger partial charge in [-0.3, -0.25) is 0 Å². The minimum atomic E-state index is 0.473. The van der Waals surface area contributed by atoms with Gasteiger partial charge in [0.05, 0.1) is 12.7 Å². The van der Waals surface area contributed by atoms with E-state index in [1.807, 2.05) is 0 Å². The maximum Gasteiger partial charge on any atom is 0.150 e. The van der Waals surface area contributed by atoms with E-state index in [4.69, 9.17) is 4.74 Å². The normalized spacial score (nSPS) is 9.70. The van der Waals surface area contributed by atoms with Crippen LogP contribution in [-0.2, 0) is 0 Å². The number of nitriles is 1. The molecular weight excluding hydrogens is 322 g/mol. The molecule has 0 bridgehead atoms. The number of hydrogen-bond acceptors (Lipinski definition) is 6. The van der Waals surface area contributed by atoms with Gasteiger partial charge < -0.3 is 15.4 Å². The van der Waals surface area contributed by atoms with Crippen molar-refractivity contribution in [3.05, 3.63) is 34.6 Å². The fourth-order valence-electron chi connectivity index (χ4n) is 1.67. The summed E-state index contributed by atoms with van der Waals surface area (Å²) < 4.78 is 5.95. The Hall–Kier alpha value is -2.33. The van der Waals surface area contributed by atoms with Crippen molar-refractivity contribution in [2.75, 3.05) is 24.8 Å². The number of para-hydroxylation sites is 1. The fraction of sp³-hybridized carbons (Fsp3) is 0.154. The number of ether oxygens (including phenoxy) is 1. The van der Waals surface area contributed by atoms with Crippen LogP contribution in [-0.4, -0.2) is 24.1 Å². The lowest BCUT2D eigenvalue weighted by Gasteiger charge is -2.14. The highest BCUT2D eigenvalue weighted by Gasteiger charge is 2.13. The molecule has 0 aliphatic carbocycles. The van der Waals surface area contributed by atoms with E-state index in [-0.39, 0.29) is 0 Å². The van der Waals surface area contributed by atoms with E-state index in [2.05, 4.69) is 42.6 Å². The van der Waals surface area contributed by atoms with E-state index in [1.165, 1.54) is 6.33 Å². The van der Waals surface area contributed by atoms with Gasteiger partial charge in [0.15, 0.2) is 0 Å². The maximum atomic E-state index is 9.18. The Labute approximate surface area is 124 Å². The van der Waals surface area contributed by atoms with Crippen molar-refractivity contribution in [3.8, 4) is 11.8 Å². The van der Waals surface area contributed by atoms with Gasteiger partial charge >= 0.3 is 0 Å². The molecule has 0 spiro atoms. The largest absolute Gasteiger partial charge is 0.495 e. The predicted octanol–water partition coefficient (Wildman–Crippen LogP) is 2.90. The molecule has 0 aliphatic heterocycles. The Kier molecular flexibility index (Phi) is 4.38. The van der Waals surface area contributed by atoms with Crippen LogP contribution in [0.4, 0.5) is 17.3 Å². The average molecular weight is 334 g/mol. The lowest BCUT2D eigenvalue weighted by molar-refractivity contribution is 0.416. The van der Waals surface area contributed by atoms with Gasteiger partial charge in [-0.15, -0.1) is 0 Å². The zero-order valence-corrected chi connectivity index (χ0v) is 12.5.